The normalized spacial score (nSPS) is 11.5. The zero-order chi connectivity index (χ0) is 9.19. The Balaban J connectivity index is 3.30. The Bertz CT molecular complexity index is 366. The molecule has 3 heteroatoms. The highest BCUT2D eigenvalue weighted by atomic mass is 32.2. The van der Waals surface area contributed by atoms with E-state index in [9.17, 15) is 8.42 Å². The maximum atomic E-state index is 11.4. The molecule has 0 saturated heterocycles. The number of hydrogen-bond donors (Lipinski definition) is 0. The topological polar surface area (TPSA) is 34.1 Å². The van der Waals surface area contributed by atoms with Crippen molar-refractivity contribution in [2.45, 2.75) is 18.7 Å². The molecule has 2 nitrogen and oxygen atoms in total. The predicted octanol–water partition coefficient (Wildman–Crippen LogP) is 1.95. The second kappa shape index (κ2) is 3.27. The molecule has 0 saturated carbocycles. The van der Waals surface area contributed by atoms with Gasteiger partial charge in [-0.25, -0.2) is 8.42 Å². The average molecular weight is 183 g/mol. The fourth-order valence-electron chi connectivity index (χ4n) is 1.00. The van der Waals surface area contributed by atoms with Crippen molar-refractivity contribution in [3.05, 3.63) is 35.6 Å². The first-order valence-electron chi connectivity index (χ1n) is 3.68. The number of rotatable bonds is 2. The lowest BCUT2D eigenvalue weighted by Crippen LogP contribution is -2.00. The highest BCUT2D eigenvalue weighted by Gasteiger charge is 2.13. The van der Waals surface area contributed by atoms with E-state index in [-0.39, 0.29) is 0 Å². The first kappa shape index (κ1) is 9.26. The van der Waals surface area contributed by atoms with Crippen LogP contribution in [0.25, 0.3) is 0 Å². The molecule has 0 amide bonds. The Morgan fingerprint density at radius 3 is 2.33 bits per heavy atom. The molecule has 0 N–H and O–H groups in total. The van der Waals surface area contributed by atoms with Gasteiger partial charge in [0.05, 0.1) is 10.6 Å². The quantitative estimate of drug-likeness (QED) is 0.702. The van der Waals surface area contributed by atoms with E-state index < -0.39 is 9.84 Å². The van der Waals surface area contributed by atoms with Crippen LogP contribution in [0.4, 0.5) is 0 Å². The minimum Gasteiger partial charge on any atom is -0.223 e. The van der Waals surface area contributed by atoms with Crippen molar-refractivity contribution in [2.75, 3.05) is 0 Å². The van der Waals surface area contributed by atoms with Gasteiger partial charge in [-0.15, -0.1) is 0 Å². The van der Waals surface area contributed by atoms with Crippen LogP contribution in [0, 0.1) is 12.7 Å². The van der Waals surface area contributed by atoms with Gasteiger partial charge in [-0.1, -0.05) is 18.2 Å². The fraction of sp³-hybridized carbons (Fsp3) is 0.222. The van der Waals surface area contributed by atoms with E-state index in [0.717, 1.165) is 5.56 Å². The first-order valence-corrected chi connectivity index (χ1v) is 5.22. The van der Waals surface area contributed by atoms with E-state index >= 15 is 0 Å². The Hall–Kier alpha value is -0.830. The van der Waals surface area contributed by atoms with Crippen molar-refractivity contribution < 1.29 is 8.42 Å². The summed E-state index contributed by atoms with van der Waals surface area (Å²) < 4.78 is 22.7. The lowest BCUT2D eigenvalue weighted by Gasteiger charge is -2.03. The van der Waals surface area contributed by atoms with Crippen molar-refractivity contribution in [1.29, 1.82) is 0 Å². The summed E-state index contributed by atoms with van der Waals surface area (Å²) in [5, 5.41) is 0. The molecule has 0 aliphatic carbocycles. The number of benzene rings is 1. The van der Waals surface area contributed by atoms with Gasteiger partial charge in [-0.2, -0.15) is 0 Å². The summed E-state index contributed by atoms with van der Waals surface area (Å²) >= 11 is 0. The maximum Gasteiger partial charge on any atom is 0.182 e. The molecule has 0 atom stereocenters. The highest BCUT2D eigenvalue weighted by molar-refractivity contribution is 7.93. The summed E-state index contributed by atoms with van der Waals surface area (Å²) in [5.41, 5.74) is 0.788. The van der Waals surface area contributed by atoms with Gasteiger partial charge < -0.3 is 0 Å². The van der Waals surface area contributed by atoms with E-state index in [1.807, 2.05) is 6.07 Å². The molecule has 12 heavy (non-hydrogen) atoms. The van der Waals surface area contributed by atoms with Crippen LogP contribution in [-0.4, -0.2) is 8.42 Å². The van der Waals surface area contributed by atoms with Crippen molar-refractivity contribution in [3.63, 3.8) is 0 Å². The summed E-state index contributed by atoms with van der Waals surface area (Å²) in [5.74, 6) is 1.22. The molecule has 1 aromatic carbocycles. The van der Waals surface area contributed by atoms with Crippen molar-refractivity contribution >= 4 is 9.84 Å². The standard InChI is InChI=1S/C9H11O2S/c1-3-12(10,11)9-7-5-4-6-8(9)2/h3-7H,1-2H3. The van der Waals surface area contributed by atoms with Crippen LogP contribution >= 0.6 is 0 Å². The van der Waals surface area contributed by atoms with E-state index in [1.165, 1.54) is 12.7 Å². The second-order valence-electron chi connectivity index (χ2n) is 2.55. The minimum atomic E-state index is -3.15. The lowest BCUT2D eigenvalue weighted by atomic mass is 10.2. The van der Waals surface area contributed by atoms with E-state index in [0.29, 0.717) is 4.90 Å². The molecule has 0 heterocycles. The number of sulfone groups is 1. The monoisotopic (exact) mass is 183 g/mol. The van der Waals surface area contributed by atoms with Crippen LogP contribution in [0.1, 0.15) is 12.5 Å². The van der Waals surface area contributed by atoms with Gasteiger partial charge in [-0.3, -0.25) is 0 Å². The molecule has 0 unspecified atom stereocenters. The fourth-order valence-corrected chi connectivity index (χ4v) is 2.04. The van der Waals surface area contributed by atoms with Gasteiger partial charge >= 0.3 is 0 Å². The van der Waals surface area contributed by atoms with Gasteiger partial charge in [0.15, 0.2) is 9.84 Å². The lowest BCUT2D eigenvalue weighted by molar-refractivity contribution is 0.601. The molecule has 1 rings (SSSR count). The highest BCUT2D eigenvalue weighted by Crippen LogP contribution is 2.16. The molecular formula is C9H11O2S. The van der Waals surface area contributed by atoms with Crippen molar-refractivity contribution in [3.8, 4) is 0 Å². The van der Waals surface area contributed by atoms with Crippen LogP contribution < -0.4 is 0 Å². The van der Waals surface area contributed by atoms with Gasteiger partial charge in [0, 0.05) is 0 Å². The molecule has 0 fully saturated rings. The molecule has 0 bridgehead atoms. The van der Waals surface area contributed by atoms with E-state index in [1.54, 1.807) is 25.1 Å². The summed E-state index contributed by atoms with van der Waals surface area (Å²) in [4.78, 5) is 0.396. The first-order chi connectivity index (χ1) is 5.58. The Kier molecular flexibility index (Phi) is 2.52. The maximum absolute atomic E-state index is 11.4. The molecule has 0 aromatic heterocycles. The zero-order valence-corrected chi connectivity index (χ0v) is 7.93. The SMILES string of the molecule is C[CH]S(=O)(=O)c1ccccc1C. The summed E-state index contributed by atoms with van der Waals surface area (Å²) in [6, 6.07) is 6.95. The van der Waals surface area contributed by atoms with Crippen LogP contribution in [0.2, 0.25) is 0 Å². The molecule has 0 aliphatic rings. The van der Waals surface area contributed by atoms with Gasteiger partial charge in [0.1, 0.15) is 0 Å². The Morgan fingerprint density at radius 1 is 1.25 bits per heavy atom. The Morgan fingerprint density at radius 2 is 1.83 bits per heavy atom. The summed E-state index contributed by atoms with van der Waals surface area (Å²) in [6.45, 7) is 3.32. The third-order valence-corrected chi connectivity index (χ3v) is 3.40. The van der Waals surface area contributed by atoms with Gasteiger partial charge in [0.2, 0.25) is 0 Å². The molecule has 1 radical (unpaired) electrons. The minimum absolute atomic E-state index is 0.396. The predicted molar refractivity (Wildman–Crippen MR) is 48.3 cm³/mol. The van der Waals surface area contributed by atoms with Crippen LogP contribution in [-0.2, 0) is 9.84 Å². The van der Waals surface area contributed by atoms with Gasteiger partial charge in [0.25, 0.3) is 0 Å². The number of hydrogen-bond acceptors (Lipinski definition) is 2. The molecule has 65 valence electrons. The van der Waals surface area contributed by atoms with Crippen LogP contribution in [0.5, 0.6) is 0 Å². The molecule has 1 aromatic rings. The van der Waals surface area contributed by atoms with E-state index in [4.69, 9.17) is 0 Å². The zero-order valence-electron chi connectivity index (χ0n) is 7.11. The second-order valence-corrected chi connectivity index (χ2v) is 4.55. The van der Waals surface area contributed by atoms with E-state index in [2.05, 4.69) is 0 Å². The number of aryl methyl sites for hydroxylation is 1. The summed E-state index contributed by atoms with van der Waals surface area (Å²) in [7, 11) is -3.15. The van der Waals surface area contributed by atoms with Crippen LogP contribution in [0.3, 0.4) is 0 Å². The third kappa shape index (κ3) is 1.67. The molecule has 0 aliphatic heterocycles. The van der Waals surface area contributed by atoms with Gasteiger partial charge in [-0.05, 0) is 25.5 Å². The van der Waals surface area contributed by atoms with Crippen LogP contribution in [0.15, 0.2) is 29.2 Å². The summed E-state index contributed by atoms with van der Waals surface area (Å²) in [6.07, 6.45) is 0. The molecular weight excluding hydrogens is 172 g/mol. The smallest absolute Gasteiger partial charge is 0.182 e. The largest absolute Gasteiger partial charge is 0.223 e. The molecule has 0 spiro atoms. The van der Waals surface area contributed by atoms with Crippen molar-refractivity contribution in [1.82, 2.24) is 0 Å². The average Bonchev–Trinajstić information content (AvgIpc) is 2.05. The Labute approximate surface area is 73.2 Å². The third-order valence-electron chi connectivity index (χ3n) is 1.71. The van der Waals surface area contributed by atoms with Crippen molar-refractivity contribution in [2.24, 2.45) is 0 Å².